The van der Waals surface area contributed by atoms with Crippen LogP contribution in [-0.4, -0.2) is 41.1 Å². The van der Waals surface area contributed by atoms with E-state index in [9.17, 15) is 14.7 Å². The zero-order valence-corrected chi connectivity index (χ0v) is 25.5. The van der Waals surface area contributed by atoms with E-state index >= 15 is 0 Å². The summed E-state index contributed by atoms with van der Waals surface area (Å²) in [5.74, 6) is 0.00851. The van der Waals surface area contributed by atoms with Crippen LogP contribution in [0.4, 0.5) is 11.4 Å². The molecule has 2 amide bonds. The largest absolute Gasteiger partial charge is 0.493 e. The molecule has 0 spiro atoms. The highest BCUT2D eigenvalue weighted by atomic mass is 16.5. The van der Waals surface area contributed by atoms with Crippen LogP contribution in [0.5, 0.6) is 11.5 Å². The smallest absolute Gasteiger partial charge is 0.254 e. The zero-order chi connectivity index (χ0) is 31.5. The van der Waals surface area contributed by atoms with Crippen LogP contribution in [0.15, 0.2) is 115 Å². The van der Waals surface area contributed by atoms with Gasteiger partial charge in [-0.05, 0) is 59.0 Å². The van der Waals surface area contributed by atoms with Crippen molar-refractivity contribution >= 4 is 23.2 Å². The number of carbonyl (C=O) groups excluding carboxylic acids is 2. The minimum atomic E-state index is -1.08. The molecule has 0 saturated carbocycles. The van der Waals surface area contributed by atoms with Crippen LogP contribution in [0.2, 0.25) is 0 Å². The number of ether oxygens (including phenoxy) is 2. The van der Waals surface area contributed by atoms with E-state index in [0.717, 1.165) is 11.3 Å². The molecule has 4 aromatic carbocycles. The SMILES string of the molecule is COc1ccc(C(O)C2C=CC3C(=O)N(c4ccccc4)C(=O)C3N2Nc2ccc(C(C)C)cc2)cc1OCc1ccccc1. The van der Waals surface area contributed by atoms with E-state index in [1.54, 1.807) is 66.7 Å². The van der Waals surface area contributed by atoms with Crippen molar-refractivity contribution < 1.29 is 24.2 Å². The van der Waals surface area contributed by atoms with Gasteiger partial charge in [0.25, 0.3) is 5.91 Å². The fourth-order valence-corrected chi connectivity index (χ4v) is 5.92. The van der Waals surface area contributed by atoms with Gasteiger partial charge in [-0.2, -0.15) is 0 Å². The molecule has 1 saturated heterocycles. The van der Waals surface area contributed by atoms with Crippen molar-refractivity contribution in [1.29, 1.82) is 0 Å². The monoisotopic (exact) mass is 603 g/mol. The summed E-state index contributed by atoms with van der Waals surface area (Å²) in [7, 11) is 1.57. The van der Waals surface area contributed by atoms with Gasteiger partial charge in [0.1, 0.15) is 18.8 Å². The van der Waals surface area contributed by atoms with Crippen molar-refractivity contribution in [3.8, 4) is 11.5 Å². The summed E-state index contributed by atoms with van der Waals surface area (Å²) in [6, 6.07) is 30.4. The average Bonchev–Trinajstić information content (AvgIpc) is 3.33. The molecule has 4 atom stereocenters. The predicted molar refractivity (Wildman–Crippen MR) is 174 cm³/mol. The minimum Gasteiger partial charge on any atom is -0.493 e. The lowest BCUT2D eigenvalue weighted by Crippen LogP contribution is -2.55. The second kappa shape index (κ2) is 13.0. The maximum atomic E-state index is 14.0. The number of nitrogens with one attached hydrogen (secondary N) is 1. The molecular weight excluding hydrogens is 566 g/mol. The summed E-state index contributed by atoms with van der Waals surface area (Å²) in [4.78, 5) is 28.9. The number of amides is 2. The first-order valence-corrected chi connectivity index (χ1v) is 15.1. The number of anilines is 2. The predicted octanol–water partition coefficient (Wildman–Crippen LogP) is 6.26. The van der Waals surface area contributed by atoms with Gasteiger partial charge >= 0.3 is 0 Å². The number of nitrogens with zero attached hydrogens (tertiary/aromatic N) is 2. The molecule has 8 heteroatoms. The summed E-state index contributed by atoms with van der Waals surface area (Å²) >= 11 is 0. The molecule has 2 aliphatic heterocycles. The fraction of sp³-hybridized carbons (Fsp3) is 0.243. The van der Waals surface area contributed by atoms with Crippen molar-refractivity contribution in [1.82, 2.24) is 5.01 Å². The second-order valence-corrected chi connectivity index (χ2v) is 11.6. The van der Waals surface area contributed by atoms with Gasteiger partial charge in [-0.3, -0.25) is 9.59 Å². The Morgan fingerprint density at radius 2 is 1.47 bits per heavy atom. The minimum absolute atomic E-state index is 0.302. The number of aliphatic hydroxyl groups excluding tert-OH is 1. The molecule has 230 valence electrons. The van der Waals surface area contributed by atoms with Crippen LogP contribution < -0.4 is 19.8 Å². The maximum absolute atomic E-state index is 14.0. The highest BCUT2D eigenvalue weighted by Gasteiger charge is 2.54. The molecule has 2 N–H and O–H groups in total. The molecule has 2 aliphatic rings. The van der Waals surface area contributed by atoms with E-state index in [0.29, 0.717) is 35.3 Å². The number of fused-ring (bicyclic) bond motifs is 1. The Kier molecular flexibility index (Phi) is 8.69. The molecule has 0 aromatic heterocycles. The van der Waals surface area contributed by atoms with Gasteiger partial charge in [0, 0.05) is 5.69 Å². The van der Waals surface area contributed by atoms with Crippen molar-refractivity contribution in [2.24, 2.45) is 5.92 Å². The van der Waals surface area contributed by atoms with Crippen LogP contribution in [0, 0.1) is 5.92 Å². The molecule has 1 fully saturated rings. The third kappa shape index (κ3) is 6.07. The number of hydrogen-bond donors (Lipinski definition) is 2. The second-order valence-electron chi connectivity index (χ2n) is 11.6. The Labute approximate surface area is 263 Å². The Bertz CT molecular complexity index is 1670. The number of carbonyl (C=O) groups is 2. The van der Waals surface area contributed by atoms with E-state index in [1.165, 1.54) is 10.5 Å². The summed E-state index contributed by atoms with van der Waals surface area (Å²) in [5, 5.41) is 13.6. The molecule has 6 rings (SSSR count). The number of hydrogen-bond acceptors (Lipinski definition) is 7. The van der Waals surface area contributed by atoms with E-state index < -0.39 is 24.1 Å². The molecule has 8 nitrogen and oxygen atoms in total. The number of benzene rings is 4. The molecule has 4 unspecified atom stereocenters. The number of methoxy groups -OCH3 is 1. The standard InChI is InChI=1S/C37H37N3O5/c1-24(2)26-14-17-28(18-15-26)38-40-31(20-19-30-34(40)37(43)39(36(30)42)29-12-8-5-9-13-29)35(41)27-16-21-32(44-3)33(22-27)45-23-25-10-6-4-7-11-25/h4-22,24,30-31,34-35,38,41H,23H2,1-3H3. The van der Waals surface area contributed by atoms with Gasteiger partial charge in [0.15, 0.2) is 11.5 Å². The van der Waals surface area contributed by atoms with Gasteiger partial charge in [-0.25, -0.2) is 9.91 Å². The fourth-order valence-electron chi connectivity index (χ4n) is 5.92. The molecule has 0 aliphatic carbocycles. The molecule has 2 heterocycles. The lowest BCUT2D eigenvalue weighted by molar-refractivity contribution is -0.123. The first kappa shape index (κ1) is 30.1. The first-order valence-electron chi connectivity index (χ1n) is 15.1. The molecule has 0 radical (unpaired) electrons. The Morgan fingerprint density at radius 3 is 2.13 bits per heavy atom. The van der Waals surface area contributed by atoms with Crippen LogP contribution in [0.25, 0.3) is 0 Å². The van der Waals surface area contributed by atoms with Crippen LogP contribution in [0.3, 0.4) is 0 Å². The average molecular weight is 604 g/mol. The van der Waals surface area contributed by atoms with E-state index in [2.05, 4.69) is 19.3 Å². The normalized spacial score (nSPS) is 20.3. The Hall–Kier alpha value is -4.92. The number of para-hydroxylation sites is 1. The molecular formula is C37H37N3O5. The zero-order valence-electron chi connectivity index (χ0n) is 25.5. The van der Waals surface area contributed by atoms with Crippen molar-refractivity contribution in [2.75, 3.05) is 17.4 Å². The summed E-state index contributed by atoms with van der Waals surface area (Å²) in [6.07, 6.45) is 2.47. The number of aliphatic hydroxyl groups is 1. The van der Waals surface area contributed by atoms with Crippen LogP contribution in [-0.2, 0) is 16.2 Å². The number of rotatable bonds is 10. The van der Waals surface area contributed by atoms with Crippen molar-refractivity contribution in [3.05, 3.63) is 132 Å². The Balaban J connectivity index is 1.34. The highest BCUT2D eigenvalue weighted by molar-refractivity contribution is 6.24. The van der Waals surface area contributed by atoms with E-state index in [4.69, 9.17) is 9.47 Å². The number of hydrazine groups is 1. The lowest BCUT2D eigenvalue weighted by Gasteiger charge is -2.40. The van der Waals surface area contributed by atoms with Gasteiger partial charge in [0.05, 0.1) is 24.8 Å². The van der Waals surface area contributed by atoms with Gasteiger partial charge in [-0.1, -0.05) is 92.7 Å². The maximum Gasteiger partial charge on any atom is 0.254 e. The van der Waals surface area contributed by atoms with Gasteiger partial charge in [0.2, 0.25) is 5.91 Å². The van der Waals surface area contributed by atoms with Crippen LogP contribution in [0.1, 0.15) is 42.6 Å². The quantitative estimate of drug-likeness (QED) is 0.163. The summed E-state index contributed by atoms with van der Waals surface area (Å²) < 4.78 is 11.7. The van der Waals surface area contributed by atoms with Gasteiger partial charge < -0.3 is 20.0 Å². The third-order valence-corrected chi connectivity index (χ3v) is 8.40. The van der Waals surface area contributed by atoms with E-state index in [1.807, 2.05) is 60.7 Å². The van der Waals surface area contributed by atoms with Crippen molar-refractivity contribution in [2.45, 2.75) is 44.6 Å². The topological polar surface area (TPSA) is 91.3 Å². The number of imide groups is 1. The van der Waals surface area contributed by atoms with Gasteiger partial charge in [-0.15, -0.1) is 0 Å². The highest BCUT2D eigenvalue weighted by Crippen LogP contribution is 2.39. The summed E-state index contributed by atoms with van der Waals surface area (Å²) in [5.41, 5.74) is 7.40. The first-order chi connectivity index (χ1) is 21.9. The molecule has 0 bridgehead atoms. The molecule has 4 aromatic rings. The summed E-state index contributed by atoms with van der Waals surface area (Å²) in [6.45, 7) is 4.58. The van der Waals surface area contributed by atoms with E-state index in [-0.39, 0.29) is 11.8 Å². The van der Waals surface area contributed by atoms with Crippen LogP contribution >= 0.6 is 0 Å². The van der Waals surface area contributed by atoms with Crippen molar-refractivity contribution in [3.63, 3.8) is 0 Å². The Morgan fingerprint density at radius 1 is 0.800 bits per heavy atom. The lowest BCUT2D eigenvalue weighted by atomic mass is 9.90. The third-order valence-electron chi connectivity index (χ3n) is 8.40. The molecule has 45 heavy (non-hydrogen) atoms.